The van der Waals surface area contributed by atoms with Crippen molar-refractivity contribution in [2.24, 2.45) is 5.92 Å². The zero-order valence-electron chi connectivity index (χ0n) is 14.0. The molecule has 4 nitrogen and oxygen atoms in total. The lowest BCUT2D eigenvalue weighted by Gasteiger charge is -2.31. The Bertz CT molecular complexity index is 540. The summed E-state index contributed by atoms with van der Waals surface area (Å²) in [5, 5.41) is 3.53. The van der Waals surface area contributed by atoms with Gasteiger partial charge < -0.3 is 15.1 Å². The number of aromatic nitrogens is 1. The van der Waals surface area contributed by atoms with E-state index in [1.165, 1.54) is 25.7 Å². The number of anilines is 1. The van der Waals surface area contributed by atoms with E-state index in [1.54, 1.807) is 0 Å². The first kappa shape index (κ1) is 15.9. The fourth-order valence-corrected chi connectivity index (χ4v) is 3.43. The SMILES string of the molecule is C=CN1CCC(CNC(=C)c2ccnc(N3CCCC3)c2)CC1. The molecule has 2 aliphatic heterocycles. The first-order valence-electron chi connectivity index (χ1n) is 8.77. The molecule has 3 rings (SSSR count). The van der Waals surface area contributed by atoms with E-state index in [4.69, 9.17) is 0 Å². The number of likely N-dealkylation sites (tertiary alicyclic amines) is 1. The molecule has 1 aromatic rings. The van der Waals surface area contributed by atoms with Gasteiger partial charge in [0.1, 0.15) is 5.82 Å². The van der Waals surface area contributed by atoms with E-state index < -0.39 is 0 Å². The topological polar surface area (TPSA) is 31.4 Å². The minimum absolute atomic E-state index is 0.725. The van der Waals surface area contributed by atoms with Gasteiger partial charge in [0.05, 0.1) is 0 Å². The Balaban J connectivity index is 1.52. The predicted octanol–water partition coefficient (Wildman–Crippen LogP) is 3.10. The van der Waals surface area contributed by atoms with Crippen LogP contribution in [0.15, 0.2) is 37.7 Å². The lowest BCUT2D eigenvalue weighted by Crippen LogP contribution is -2.33. The Hall–Kier alpha value is -1.97. The molecule has 2 saturated heterocycles. The van der Waals surface area contributed by atoms with Crippen molar-refractivity contribution >= 4 is 11.5 Å². The summed E-state index contributed by atoms with van der Waals surface area (Å²) in [6, 6.07) is 4.22. The molecule has 1 N–H and O–H groups in total. The summed E-state index contributed by atoms with van der Waals surface area (Å²) in [4.78, 5) is 9.18. The molecule has 0 aromatic carbocycles. The Kier molecular flexibility index (Phi) is 5.21. The van der Waals surface area contributed by atoms with Gasteiger partial charge in [-0.15, -0.1) is 0 Å². The lowest BCUT2D eigenvalue weighted by atomic mass is 9.97. The van der Waals surface area contributed by atoms with Crippen LogP contribution in [0.1, 0.15) is 31.2 Å². The summed E-state index contributed by atoms with van der Waals surface area (Å²) < 4.78 is 0. The van der Waals surface area contributed by atoms with Crippen LogP contribution >= 0.6 is 0 Å². The maximum absolute atomic E-state index is 4.51. The third kappa shape index (κ3) is 4.06. The second-order valence-corrected chi connectivity index (χ2v) is 6.62. The Morgan fingerprint density at radius 2 is 2.00 bits per heavy atom. The Morgan fingerprint density at radius 3 is 2.70 bits per heavy atom. The van der Waals surface area contributed by atoms with Gasteiger partial charge in [0.25, 0.3) is 0 Å². The molecule has 0 atom stereocenters. The van der Waals surface area contributed by atoms with Gasteiger partial charge in [-0.05, 0) is 49.9 Å². The number of nitrogens with one attached hydrogen (secondary N) is 1. The summed E-state index contributed by atoms with van der Waals surface area (Å²) in [6.07, 6.45) is 8.85. The molecule has 0 spiro atoms. The zero-order valence-corrected chi connectivity index (χ0v) is 14.0. The molecule has 3 heterocycles. The van der Waals surface area contributed by atoms with Crippen LogP contribution in [-0.4, -0.2) is 42.6 Å². The van der Waals surface area contributed by atoms with Crippen molar-refractivity contribution < 1.29 is 0 Å². The molecule has 0 radical (unpaired) electrons. The van der Waals surface area contributed by atoms with Crippen LogP contribution in [0.3, 0.4) is 0 Å². The molecule has 0 aliphatic carbocycles. The van der Waals surface area contributed by atoms with Gasteiger partial charge in [-0.1, -0.05) is 13.2 Å². The smallest absolute Gasteiger partial charge is 0.129 e. The lowest BCUT2D eigenvalue weighted by molar-refractivity contribution is 0.243. The van der Waals surface area contributed by atoms with Crippen molar-refractivity contribution in [3.8, 4) is 0 Å². The highest BCUT2D eigenvalue weighted by atomic mass is 15.2. The summed E-state index contributed by atoms with van der Waals surface area (Å²) in [5.74, 6) is 1.81. The normalized spacial score (nSPS) is 19.0. The molecule has 0 saturated carbocycles. The van der Waals surface area contributed by atoms with E-state index in [2.05, 4.69) is 45.4 Å². The van der Waals surface area contributed by atoms with Crippen LogP contribution in [-0.2, 0) is 0 Å². The molecular weight excluding hydrogens is 284 g/mol. The van der Waals surface area contributed by atoms with Crippen molar-refractivity contribution in [2.45, 2.75) is 25.7 Å². The van der Waals surface area contributed by atoms with Crippen LogP contribution in [0.5, 0.6) is 0 Å². The maximum atomic E-state index is 4.51. The van der Waals surface area contributed by atoms with Crippen molar-refractivity contribution in [3.05, 3.63) is 43.3 Å². The third-order valence-electron chi connectivity index (χ3n) is 5.04. The first-order valence-corrected chi connectivity index (χ1v) is 8.77. The Labute approximate surface area is 139 Å². The van der Waals surface area contributed by atoms with Crippen LogP contribution in [0.2, 0.25) is 0 Å². The average molecular weight is 312 g/mol. The van der Waals surface area contributed by atoms with Crippen molar-refractivity contribution in [1.82, 2.24) is 15.2 Å². The number of pyridine rings is 1. The molecule has 0 amide bonds. The highest BCUT2D eigenvalue weighted by Gasteiger charge is 2.17. The van der Waals surface area contributed by atoms with Crippen molar-refractivity contribution in [3.63, 3.8) is 0 Å². The van der Waals surface area contributed by atoms with Gasteiger partial charge in [0, 0.05) is 50.2 Å². The van der Waals surface area contributed by atoms with E-state index in [9.17, 15) is 0 Å². The van der Waals surface area contributed by atoms with Gasteiger partial charge in [0.2, 0.25) is 0 Å². The fraction of sp³-hybridized carbons (Fsp3) is 0.526. The zero-order chi connectivity index (χ0) is 16.1. The molecule has 1 aromatic heterocycles. The van der Waals surface area contributed by atoms with E-state index in [0.29, 0.717) is 0 Å². The number of hydrogen-bond acceptors (Lipinski definition) is 4. The first-order chi connectivity index (χ1) is 11.3. The van der Waals surface area contributed by atoms with E-state index in [0.717, 1.165) is 55.7 Å². The Morgan fingerprint density at radius 1 is 1.26 bits per heavy atom. The molecule has 124 valence electrons. The second kappa shape index (κ2) is 7.53. The summed E-state index contributed by atoms with van der Waals surface area (Å²) >= 11 is 0. The highest BCUT2D eigenvalue weighted by Crippen LogP contribution is 2.22. The molecule has 4 heteroatoms. The minimum atomic E-state index is 0.725. The molecular formula is C19H28N4. The van der Waals surface area contributed by atoms with Crippen LogP contribution in [0.4, 0.5) is 5.82 Å². The molecule has 0 unspecified atom stereocenters. The van der Waals surface area contributed by atoms with Gasteiger partial charge in [-0.2, -0.15) is 0 Å². The van der Waals surface area contributed by atoms with Gasteiger partial charge >= 0.3 is 0 Å². The largest absolute Gasteiger partial charge is 0.385 e. The number of hydrogen-bond donors (Lipinski definition) is 1. The number of piperidine rings is 1. The minimum Gasteiger partial charge on any atom is -0.385 e. The van der Waals surface area contributed by atoms with Gasteiger partial charge in [-0.25, -0.2) is 4.98 Å². The highest BCUT2D eigenvalue weighted by molar-refractivity contribution is 5.64. The van der Waals surface area contributed by atoms with E-state index in [1.807, 2.05) is 12.4 Å². The van der Waals surface area contributed by atoms with E-state index in [-0.39, 0.29) is 0 Å². The van der Waals surface area contributed by atoms with Crippen LogP contribution in [0.25, 0.3) is 5.70 Å². The summed E-state index contributed by atoms with van der Waals surface area (Å²) in [7, 11) is 0. The fourth-order valence-electron chi connectivity index (χ4n) is 3.43. The summed E-state index contributed by atoms with van der Waals surface area (Å²) in [5.41, 5.74) is 2.17. The molecule has 2 fully saturated rings. The molecule has 23 heavy (non-hydrogen) atoms. The number of nitrogens with zero attached hydrogens (tertiary/aromatic N) is 3. The second-order valence-electron chi connectivity index (χ2n) is 6.62. The summed E-state index contributed by atoms with van der Waals surface area (Å²) in [6.45, 7) is 13.6. The van der Waals surface area contributed by atoms with Crippen LogP contribution < -0.4 is 10.2 Å². The van der Waals surface area contributed by atoms with Crippen molar-refractivity contribution in [1.29, 1.82) is 0 Å². The number of rotatable bonds is 6. The predicted molar refractivity (Wildman–Crippen MR) is 97.2 cm³/mol. The van der Waals surface area contributed by atoms with Gasteiger partial charge in [0.15, 0.2) is 0 Å². The van der Waals surface area contributed by atoms with E-state index >= 15 is 0 Å². The third-order valence-corrected chi connectivity index (χ3v) is 5.04. The maximum Gasteiger partial charge on any atom is 0.129 e. The standard InChI is InChI=1S/C19H28N4/c1-3-22-12-7-17(8-13-22)15-21-16(2)18-6-9-20-19(14-18)23-10-4-5-11-23/h3,6,9,14,17,21H,1-2,4-5,7-8,10-13,15H2. The monoisotopic (exact) mass is 312 g/mol. The van der Waals surface area contributed by atoms with Gasteiger partial charge in [-0.3, -0.25) is 0 Å². The van der Waals surface area contributed by atoms with Crippen LogP contribution in [0, 0.1) is 5.92 Å². The molecule has 0 bridgehead atoms. The van der Waals surface area contributed by atoms with Crippen molar-refractivity contribution in [2.75, 3.05) is 37.6 Å². The average Bonchev–Trinajstić information content (AvgIpc) is 3.15. The molecule has 2 aliphatic rings. The quantitative estimate of drug-likeness (QED) is 0.874.